The molecule has 0 aliphatic heterocycles. The number of hydrogen-bond donors (Lipinski definition) is 0. The predicted octanol–water partition coefficient (Wildman–Crippen LogP) is 7.37. The van der Waals surface area contributed by atoms with E-state index in [1.807, 2.05) is 0 Å². The second-order valence-corrected chi connectivity index (χ2v) is 8.18. The zero-order valence-corrected chi connectivity index (χ0v) is 15.6. The van der Waals surface area contributed by atoms with Gasteiger partial charge in [0.25, 0.3) is 0 Å². The molecule has 1 saturated carbocycles. The maximum absolute atomic E-state index is 2.37. The highest BCUT2D eigenvalue weighted by molar-refractivity contribution is 5.64. The van der Waals surface area contributed by atoms with E-state index >= 15 is 0 Å². The van der Waals surface area contributed by atoms with Gasteiger partial charge in [-0.2, -0.15) is 0 Å². The van der Waals surface area contributed by atoms with Crippen molar-refractivity contribution < 1.29 is 0 Å². The van der Waals surface area contributed by atoms with Crippen molar-refractivity contribution in [3.05, 3.63) is 59.7 Å². The van der Waals surface area contributed by atoms with Crippen LogP contribution in [0.3, 0.4) is 0 Å². The van der Waals surface area contributed by atoms with Gasteiger partial charge in [0.2, 0.25) is 0 Å². The monoisotopic (exact) mass is 320 g/mol. The lowest BCUT2D eigenvalue weighted by atomic mass is 9.76. The van der Waals surface area contributed by atoms with Crippen LogP contribution in [0, 0.1) is 18.8 Å². The van der Waals surface area contributed by atoms with Gasteiger partial charge in [-0.25, -0.2) is 0 Å². The molecule has 0 aromatic heterocycles. The van der Waals surface area contributed by atoms with Gasteiger partial charge in [0.15, 0.2) is 0 Å². The molecule has 0 atom stereocenters. The topological polar surface area (TPSA) is 0 Å². The van der Waals surface area contributed by atoms with Gasteiger partial charge in [-0.15, -0.1) is 0 Å². The van der Waals surface area contributed by atoms with E-state index < -0.39 is 0 Å². The van der Waals surface area contributed by atoms with Crippen molar-refractivity contribution in [2.45, 2.75) is 65.2 Å². The lowest BCUT2D eigenvalue weighted by molar-refractivity contribution is 0.293. The third-order valence-electron chi connectivity index (χ3n) is 5.77. The maximum Gasteiger partial charge on any atom is -0.0162 e. The van der Waals surface area contributed by atoms with E-state index in [4.69, 9.17) is 0 Å². The third-order valence-corrected chi connectivity index (χ3v) is 5.77. The fourth-order valence-corrected chi connectivity index (χ4v) is 4.05. The molecule has 0 heterocycles. The molecule has 2 aromatic rings. The zero-order valence-electron chi connectivity index (χ0n) is 15.6. The Bertz CT molecular complexity index is 610. The molecule has 3 rings (SSSR count). The maximum atomic E-state index is 2.37. The van der Waals surface area contributed by atoms with Gasteiger partial charge >= 0.3 is 0 Å². The fraction of sp³-hybridized carbons (Fsp3) is 0.500. The fourth-order valence-electron chi connectivity index (χ4n) is 4.05. The summed E-state index contributed by atoms with van der Waals surface area (Å²) in [5.74, 6) is 2.62. The molecule has 0 spiro atoms. The van der Waals surface area contributed by atoms with Crippen LogP contribution in [0.4, 0.5) is 0 Å². The summed E-state index contributed by atoms with van der Waals surface area (Å²) in [4.78, 5) is 0. The highest BCUT2D eigenvalue weighted by Gasteiger charge is 2.22. The Labute approximate surface area is 148 Å². The molecular formula is C24H32. The number of rotatable bonds is 5. The predicted molar refractivity (Wildman–Crippen MR) is 105 cm³/mol. The van der Waals surface area contributed by atoms with Crippen LogP contribution in [0.1, 0.15) is 69.4 Å². The van der Waals surface area contributed by atoms with E-state index in [2.05, 4.69) is 69.3 Å². The van der Waals surface area contributed by atoms with Gasteiger partial charge in [-0.1, -0.05) is 80.8 Å². The van der Waals surface area contributed by atoms with Crippen LogP contribution in [0.2, 0.25) is 0 Å². The van der Waals surface area contributed by atoms with E-state index in [-0.39, 0.29) is 0 Å². The minimum Gasteiger partial charge on any atom is -0.0628 e. The van der Waals surface area contributed by atoms with Gasteiger partial charge in [0.05, 0.1) is 0 Å². The summed E-state index contributed by atoms with van der Waals surface area (Å²) in [5.41, 5.74) is 5.53. The largest absolute Gasteiger partial charge is 0.0628 e. The lowest BCUT2D eigenvalue weighted by Gasteiger charge is -2.29. The summed E-state index contributed by atoms with van der Waals surface area (Å²) in [5, 5.41) is 0. The van der Waals surface area contributed by atoms with Crippen molar-refractivity contribution in [1.82, 2.24) is 0 Å². The molecule has 0 nitrogen and oxygen atoms in total. The van der Waals surface area contributed by atoms with Crippen LogP contribution in [-0.4, -0.2) is 0 Å². The van der Waals surface area contributed by atoms with Crippen molar-refractivity contribution in [1.29, 1.82) is 0 Å². The quantitative estimate of drug-likeness (QED) is 0.539. The van der Waals surface area contributed by atoms with Gasteiger partial charge in [-0.3, -0.25) is 0 Å². The molecule has 0 N–H and O–H groups in total. The Hall–Kier alpha value is -1.56. The Morgan fingerprint density at radius 2 is 1.33 bits per heavy atom. The van der Waals surface area contributed by atoms with E-state index in [1.54, 1.807) is 5.56 Å². The SMILES string of the molecule is Cc1ccc(-c2ccc(C3CCC(CCC(C)C)CC3)cc2)cc1. The molecule has 128 valence electrons. The Morgan fingerprint density at radius 1 is 0.792 bits per heavy atom. The summed E-state index contributed by atoms with van der Waals surface area (Å²) in [6, 6.07) is 18.2. The number of benzene rings is 2. The van der Waals surface area contributed by atoms with Gasteiger partial charge < -0.3 is 0 Å². The van der Waals surface area contributed by atoms with Crippen molar-refractivity contribution in [3.63, 3.8) is 0 Å². The van der Waals surface area contributed by atoms with Crippen LogP contribution in [0.5, 0.6) is 0 Å². The van der Waals surface area contributed by atoms with E-state index in [9.17, 15) is 0 Å². The average Bonchev–Trinajstić information content (AvgIpc) is 2.61. The Kier molecular flexibility index (Phi) is 5.76. The molecule has 0 bridgehead atoms. The summed E-state index contributed by atoms with van der Waals surface area (Å²) in [6.45, 7) is 6.84. The zero-order chi connectivity index (χ0) is 16.9. The van der Waals surface area contributed by atoms with Crippen molar-refractivity contribution in [2.75, 3.05) is 0 Å². The first-order valence-electron chi connectivity index (χ1n) is 9.79. The lowest BCUT2D eigenvalue weighted by Crippen LogP contribution is -2.14. The van der Waals surface area contributed by atoms with Crippen LogP contribution in [0.15, 0.2) is 48.5 Å². The van der Waals surface area contributed by atoms with Crippen molar-refractivity contribution >= 4 is 0 Å². The molecule has 1 aliphatic carbocycles. The molecule has 1 fully saturated rings. The first-order valence-corrected chi connectivity index (χ1v) is 9.79. The Morgan fingerprint density at radius 3 is 1.88 bits per heavy atom. The van der Waals surface area contributed by atoms with Crippen molar-refractivity contribution in [3.8, 4) is 11.1 Å². The summed E-state index contributed by atoms with van der Waals surface area (Å²) in [6.07, 6.45) is 8.46. The summed E-state index contributed by atoms with van der Waals surface area (Å²) < 4.78 is 0. The van der Waals surface area contributed by atoms with Crippen LogP contribution in [-0.2, 0) is 0 Å². The summed E-state index contributed by atoms with van der Waals surface area (Å²) >= 11 is 0. The van der Waals surface area contributed by atoms with Crippen molar-refractivity contribution in [2.24, 2.45) is 11.8 Å². The van der Waals surface area contributed by atoms with Crippen LogP contribution >= 0.6 is 0 Å². The Balaban J connectivity index is 1.58. The third kappa shape index (κ3) is 4.50. The number of aryl methyl sites for hydroxylation is 1. The molecule has 0 saturated heterocycles. The average molecular weight is 321 g/mol. The molecule has 0 unspecified atom stereocenters. The van der Waals surface area contributed by atoms with E-state index in [0.717, 1.165) is 17.8 Å². The summed E-state index contributed by atoms with van der Waals surface area (Å²) in [7, 11) is 0. The second kappa shape index (κ2) is 8.01. The van der Waals surface area contributed by atoms with Gasteiger partial charge in [-0.05, 0) is 67.1 Å². The first kappa shape index (κ1) is 17.3. The van der Waals surface area contributed by atoms with E-state index in [1.165, 1.54) is 55.2 Å². The molecular weight excluding hydrogens is 288 g/mol. The minimum atomic E-state index is 0.785. The minimum absolute atomic E-state index is 0.785. The highest BCUT2D eigenvalue weighted by Crippen LogP contribution is 2.38. The highest BCUT2D eigenvalue weighted by atomic mass is 14.3. The normalized spacial score (nSPS) is 21.2. The van der Waals surface area contributed by atoms with Crippen LogP contribution in [0.25, 0.3) is 11.1 Å². The molecule has 0 radical (unpaired) electrons. The van der Waals surface area contributed by atoms with Gasteiger partial charge in [0, 0.05) is 0 Å². The van der Waals surface area contributed by atoms with Crippen LogP contribution < -0.4 is 0 Å². The van der Waals surface area contributed by atoms with Gasteiger partial charge in [0.1, 0.15) is 0 Å². The smallest absolute Gasteiger partial charge is 0.0162 e. The molecule has 1 aliphatic rings. The first-order chi connectivity index (χ1) is 11.6. The number of hydrogen-bond acceptors (Lipinski definition) is 0. The van der Waals surface area contributed by atoms with E-state index in [0.29, 0.717) is 0 Å². The molecule has 2 aromatic carbocycles. The second-order valence-electron chi connectivity index (χ2n) is 8.18. The molecule has 24 heavy (non-hydrogen) atoms. The molecule has 0 heteroatoms. The standard InChI is InChI=1S/C24H32/c1-18(2)4-7-20-8-12-22(13-9-20)24-16-14-23(15-17-24)21-10-5-19(3)6-11-21/h5-6,10-11,14-18,20,22H,4,7-9,12-13H2,1-3H3. The molecule has 0 amide bonds.